The molecule has 0 aromatic rings. The Morgan fingerprint density at radius 1 is 1.00 bits per heavy atom. The second-order valence-electron chi connectivity index (χ2n) is 3.93. The molecule has 9 heavy (non-hydrogen) atoms. The Morgan fingerprint density at radius 3 is 1.33 bits per heavy atom. The summed E-state index contributed by atoms with van der Waals surface area (Å²) in [7, 11) is 0. The molecule has 0 fully saturated rings. The highest BCUT2D eigenvalue weighted by molar-refractivity contribution is 7.81. The third-order valence-corrected chi connectivity index (χ3v) is 0.793. The van der Waals surface area contributed by atoms with Crippen molar-refractivity contribution >= 4 is 12.6 Å². The van der Waals surface area contributed by atoms with E-state index in [0.717, 1.165) is 0 Å². The van der Waals surface area contributed by atoms with Crippen molar-refractivity contribution in [1.29, 1.82) is 0 Å². The fourth-order valence-electron chi connectivity index (χ4n) is 0.918. The first-order valence-electron chi connectivity index (χ1n) is 3.22. The summed E-state index contributed by atoms with van der Waals surface area (Å²) in [5, 5.41) is 3.32. The summed E-state index contributed by atoms with van der Waals surface area (Å²) >= 11 is 4.34. The van der Waals surface area contributed by atoms with Crippen LogP contribution in [0.25, 0.3) is 0 Å². The molecule has 1 nitrogen and oxygen atoms in total. The molecule has 0 rings (SSSR count). The molecular formula is C7H17NS. The summed E-state index contributed by atoms with van der Waals surface area (Å²) in [6, 6.07) is 0. The van der Waals surface area contributed by atoms with Gasteiger partial charge in [-0.1, -0.05) is 0 Å². The van der Waals surface area contributed by atoms with E-state index in [1.54, 1.807) is 0 Å². The second kappa shape index (κ2) is 2.51. The van der Waals surface area contributed by atoms with Crippen LogP contribution in [0.1, 0.15) is 34.6 Å². The zero-order valence-corrected chi connectivity index (χ0v) is 7.84. The van der Waals surface area contributed by atoms with Crippen molar-refractivity contribution in [3.8, 4) is 0 Å². The van der Waals surface area contributed by atoms with Gasteiger partial charge in [0, 0.05) is 5.54 Å². The minimum Gasteiger partial charge on any atom is -0.299 e. The zero-order chi connectivity index (χ0) is 7.71. The lowest BCUT2D eigenvalue weighted by atomic mass is 10.1. The smallest absolute Gasteiger partial charge is 0.0562 e. The molecule has 0 heterocycles. The average molecular weight is 147 g/mol. The SMILES string of the molecule is CC(C)(C)NC(C)(C)S. The number of hydrogen-bond acceptors (Lipinski definition) is 2. The number of nitrogens with one attached hydrogen (secondary N) is 1. The van der Waals surface area contributed by atoms with Crippen molar-refractivity contribution in [3.63, 3.8) is 0 Å². The first kappa shape index (κ1) is 9.31. The average Bonchev–Trinajstić information content (AvgIpc) is 1.14. The molecule has 0 spiro atoms. The summed E-state index contributed by atoms with van der Waals surface area (Å²) in [6.07, 6.45) is 0. The molecule has 1 N–H and O–H groups in total. The maximum absolute atomic E-state index is 4.34. The monoisotopic (exact) mass is 147 g/mol. The van der Waals surface area contributed by atoms with Crippen LogP contribution >= 0.6 is 12.6 Å². The molecule has 0 aliphatic rings. The molecule has 0 bridgehead atoms. The zero-order valence-electron chi connectivity index (χ0n) is 6.95. The lowest BCUT2D eigenvalue weighted by Crippen LogP contribution is -2.46. The van der Waals surface area contributed by atoms with Gasteiger partial charge < -0.3 is 0 Å². The van der Waals surface area contributed by atoms with E-state index in [2.05, 4.69) is 38.7 Å². The highest BCUT2D eigenvalue weighted by Gasteiger charge is 2.18. The molecule has 2 heteroatoms. The Bertz CT molecular complexity index is 74.1. The topological polar surface area (TPSA) is 12.0 Å². The Kier molecular flexibility index (Phi) is 2.59. The van der Waals surface area contributed by atoms with E-state index in [4.69, 9.17) is 0 Å². The predicted octanol–water partition coefficient (Wildman–Crippen LogP) is 2.04. The van der Waals surface area contributed by atoms with E-state index >= 15 is 0 Å². The maximum Gasteiger partial charge on any atom is 0.0562 e. The van der Waals surface area contributed by atoms with Gasteiger partial charge in [-0.25, -0.2) is 0 Å². The largest absolute Gasteiger partial charge is 0.299 e. The number of hydrogen-bond donors (Lipinski definition) is 2. The quantitative estimate of drug-likeness (QED) is 0.427. The minimum absolute atomic E-state index is 0.0712. The molecule has 0 atom stereocenters. The molecule has 0 aliphatic carbocycles. The van der Waals surface area contributed by atoms with Crippen molar-refractivity contribution in [1.82, 2.24) is 5.32 Å². The summed E-state index contributed by atoms with van der Waals surface area (Å²) in [6.45, 7) is 10.5. The lowest BCUT2D eigenvalue weighted by molar-refractivity contribution is 0.366. The third-order valence-electron chi connectivity index (χ3n) is 0.681. The molecule has 0 amide bonds. The fraction of sp³-hybridized carbons (Fsp3) is 1.00. The van der Waals surface area contributed by atoms with Gasteiger partial charge in [-0.15, -0.1) is 0 Å². The van der Waals surface area contributed by atoms with Gasteiger partial charge in [-0.3, -0.25) is 5.32 Å². The standard InChI is InChI=1S/C7H17NS/c1-6(2,3)8-7(4,5)9/h8-9H,1-5H3. The van der Waals surface area contributed by atoms with Gasteiger partial charge in [-0.2, -0.15) is 12.6 Å². The van der Waals surface area contributed by atoms with Gasteiger partial charge in [0.05, 0.1) is 4.87 Å². The second-order valence-corrected chi connectivity index (χ2v) is 5.05. The predicted molar refractivity (Wildman–Crippen MR) is 46.0 cm³/mol. The van der Waals surface area contributed by atoms with E-state index in [-0.39, 0.29) is 10.4 Å². The van der Waals surface area contributed by atoms with Crippen LogP contribution in [0.15, 0.2) is 0 Å². The highest BCUT2D eigenvalue weighted by Crippen LogP contribution is 2.12. The summed E-state index contributed by atoms with van der Waals surface area (Å²) < 4.78 is 0. The van der Waals surface area contributed by atoms with Gasteiger partial charge in [0.25, 0.3) is 0 Å². The number of thiol groups is 1. The Labute approximate surface area is 63.6 Å². The van der Waals surface area contributed by atoms with Crippen molar-refractivity contribution < 1.29 is 0 Å². The first-order valence-corrected chi connectivity index (χ1v) is 3.67. The van der Waals surface area contributed by atoms with Crippen LogP contribution in [0.2, 0.25) is 0 Å². The molecule has 0 aromatic heterocycles. The molecule has 0 saturated carbocycles. The minimum atomic E-state index is -0.0712. The summed E-state index contributed by atoms with van der Waals surface area (Å²) in [5.74, 6) is 0. The third kappa shape index (κ3) is 8.31. The van der Waals surface area contributed by atoms with E-state index in [9.17, 15) is 0 Å². The van der Waals surface area contributed by atoms with Crippen molar-refractivity contribution in [3.05, 3.63) is 0 Å². The van der Waals surface area contributed by atoms with Gasteiger partial charge in [0.2, 0.25) is 0 Å². The summed E-state index contributed by atoms with van der Waals surface area (Å²) in [5.41, 5.74) is 0.158. The Balaban J connectivity index is 3.75. The molecule has 0 unspecified atom stereocenters. The van der Waals surface area contributed by atoms with Crippen LogP contribution in [-0.2, 0) is 0 Å². The summed E-state index contributed by atoms with van der Waals surface area (Å²) in [4.78, 5) is -0.0712. The fourth-order valence-corrected chi connectivity index (χ4v) is 1.25. The normalized spacial score (nSPS) is 14.0. The van der Waals surface area contributed by atoms with Crippen molar-refractivity contribution in [2.45, 2.75) is 45.0 Å². The highest BCUT2D eigenvalue weighted by atomic mass is 32.1. The molecule has 0 saturated heterocycles. The van der Waals surface area contributed by atoms with Crippen molar-refractivity contribution in [2.24, 2.45) is 0 Å². The van der Waals surface area contributed by atoms with E-state index in [1.807, 2.05) is 13.8 Å². The van der Waals surface area contributed by atoms with Gasteiger partial charge in [-0.05, 0) is 34.6 Å². The van der Waals surface area contributed by atoms with Crippen LogP contribution < -0.4 is 5.32 Å². The van der Waals surface area contributed by atoms with E-state index < -0.39 is 0 Å². The van der Waals surface area contributed by atoms with Crippen LogP contribution in [0, 0.1) is 0 Å². The Hall–Kier alpha value is 0.310. The molecule has 56 valence electrons. The van der Waals surface area contributed by atoms with Gasteiger partial charge >= 0.3 is 0 Å². The van der Waals surface area contributed by atoms with Crippen LogP contribution in [0.3, 0.4) is 0 Å². The molecule has 0 aromatic carbocycles. The van der Waals surface area contributed by atoms with E-state index in [1.165, 1.54) is 0 Å². The van der Waals surface area contributed by atoms with E-state index in [0.29, 0.717) is 0 Å². The van der Waals surface area contributed by atoms with Crippen LogP contribution in [-0.4, -0.2) is 10.4 Å². The molecule has 0 aliphatic heterocycles. The van der Waals surface area contributed by atoms with Crippen LogP contribution in [0.4, 0.5) is 0 Å². The number of rotatable bonds is 1. The van der Waals surface area contributed by atoms with Crippen molar-refractivity contribution in [2.75, 3.05) is 0 Å². The Morgan fingerprint density at radius 2 is 1.33 bits per heavy atom. The molecular weight excluding hydrogens is 130 g/mol. The first-order chi connectivity index (χ1) is 3.71. The molecule has 0 radical (unpaired) electrons. The maximum atomic E-state index is 4.34. The van der Waals surface area contributed by atoms with Gasteiger partial charge in [0.1, 0.15) is 0 Å². The van der Waals surface area contributed by atoms with Gasteiger partial charge in [0.15, 0.2) is 0 Å². The lowest BCUT2D eigenvalue weighted by Gasteiger charge is -2.30. The van der Waals surface area contributed by atoms with Crippen LogP contribution in [0.5, 0.6) is 0 Å².